The highest BCUT2D eigenvalue weighted by Crippen LogP contribution is 2.22. The van der Waals surface area contributed by atoms with Crippen LogP contribution in [0.15, 0.2) is 29.2 Å². The van der Waals surface area contributed by atoms with Gasteiger partial charge in [-0.05, 0) is 52.2 Å². The van der Waals surface area contributed by atoms with Gasteiger partial charge in [0.05, 0.1) is 31.1 Å². The topological polar surface area (TPSA) is 79.2 Å². The van der Waals surface area contributed by atoms with Gasteiger partial charge in [-0.2, -0.15) is 4.31 Å². The number of nitrogens with zero attached hydrogens (tertiary/aromatic N) is 2. The second kappa shape index (κ2) is 8.93. The van der Waals surface area contributed by atoms with E-state index in [1.807, 2.05) is 4.90 Å². The maximum absolute atomic E-state index is 12.9. The van der Waals surface area contributed by atoms with Crippen LogP contribution in [0.1, 0.15) is 50.4 Å². The summed E-state index contributed by atoms with van der Waals surface area (Å²) >= 11 is 0. The summed E-state index contributed by atoms with van der Waals surface area (Å²) in [5.74, 6) is 0.0870. The molecule has 1 N–H and O–H groups in total. The molecule has 160 valence electrons. The lowest BCUT2D eigenvalue weighted by Gasteiger charge is -2.40. The van der Waals surface area contributed by atoms with E-state index < -0.39 is 10.0 Å². The maximum Gasteiger partial charge on any atom is 0.278 e. The summed E-state index contributed by atoms with van der Waals surface area (Å²) in [6.45, 7) is 8.14. The van der Waals surface area contributed by atoms with E-state index in [4.69, 9.17) is 0 Å². The first-order chi connectivity index (χ1) is 13.7. The number of sulfonamides is 1. The fraction of sp³-hybridized carbons (Fsp3) is 0.619. The normalized spacial score (nSPS) is 24.4. The number of benzene rings is 1. The van der Waals surface area contributed by atoms with Crippen molar-refractivity contribution in [2.24, 2.45) is 0 Å². The fourth-order valence-electron chi connectivity index (χ4n) is 4.45. The molecule has 2 aliphatic heterocycles. The molecule has 0 radical (unpaired) electrons. The number of ketones is 1. The number of amides is 1. The average Bonchev–Trinajstić information content (AvgIpc) is 2.68. The van der Waals surface area contributed by atoms with Gasteiger partial charge in [-0.25, -0.2) is 8.42 Å². The Morgan fingerprint density at radius 3 is 2.10 bits per heavy atom. The van der Waals surface area contributed by atoms with Crippen LogP contribution in [0.2, 0.25) is 0 Å². The zero-order valence-corrected chi connectivity index (χ0v) is 18.4. The first-order valence-corrected chi connectivity index (χ1v) is 11.9. The Balaban J connectivity index is 1.58. The van der Waals surface area contributed by atoms with Crippen LogP contribution < -0.4 is 4.90 Å². The highest BCUT2D eigenvalue weighted by Gasteiger charge is 2.34. The minimum absolute atomic E-state index is 0.0897. The van der Waals surface area contributed by atoms with E-state index in [1.54, 1.807) is 12.1 Å². The molecule has 1 amide bonds. The van der Waals surface area contributed by atoms with Crippen molar-refractivity contribution < 1.29 is 22.9 Å². The molecule has 2 fully saturated rings. The Kier molecular flexibility index (Phi) is 6.76. The van der Waals surface area contributed by atoms with E-state index in [2.05, 4.69) is 13.8 Å². The van der Waals surface area contributed by atoms with Gasteiger partial charge < -0.3 is 9.80 Å². The number of rotatable bonds is 5. The van der Waals surface area contributed by atoms with Gasteiger partial charge in [0, 0.05) is 17.6 Å². The van der Waals surface area contributed by atoms with E-state index in [0.29, 0.717) is 38.3 Å². The third-order valence-electron chi connectivity index (χ3n) is 6.21. The first-order valence-electron chi connectivity index (χ1n) is 10.5. The Labute approximate surface area is 173 Å². The first kappa shape index (κ1) is 21.9. The third-order valence-corrected chi connectivity index (χ3v) is 8.12. The van der Waals surface area contributed by atoms with Crippen LogP contribution in [0.3, 0.4) is 0 Å². The predicted molar refractivity (Wildman–Crippen MR) is 110 cm³/mol. The largest absolute Gasteiger partial charge is 0.332 e. The quantitative estimate of drug-likeness (QED) is 0.704. The summed E-state index contributed by atoms with van der Waals surface area (Å²) < 4.78 is 27.3. The second-order valence-electron chi connectivity index (χ2n) is 8.34. The number of piperidine rings is 1. The molecule has 29 heavy (non-hydrogen) atoms. The minimum atomic E-state index is -3.58. The Morgan fingerprint density at radius 1 is 1.03 bits per heavy atom. The van der Waals surface area contributed by atoms with Crippen LogP contribution >= 0.6 is 0 Å². The number of carbonyl (C=O) groups excluding carboxylic acids is 2. The van der Waals surface area contributed by atoms with Crippen molar-refractivity contribution in [2.45, 2.75) is 57.0 Å². The number of piperazine rings is 1. The molecule has 2 atom stereocenters. The number of hydrogen-bond donors (Lipinski definition) is 1. The zero-order chi connectivity index (χ0) is 21.2. The Bertz CT molecular complexity index is 835. The lowest BCUT2D eigenvalue weighted by molar-refractivity contribution is -0.896. The van der Waals surface area contributed by atoms with Crippen LogP contribution in [0.4, 0.5) is 0 Å². The van der Waals surface area contributed by atoms with Crippen LogP contribution in [0, 0.1) is 0 Å². The molecular formula is C21H32N3O4S+. The van der Waals surface area contributed by atoms with E-state index in [0.717, 1.165) is 17.7 Å². The van der Waals surface area contributed by atoms with Crippen molar-refractivity contribution in [3.05, 3.63) is 29.8 Å². The standard InChI is InChI=1S/C21H31N3O4S/c1-16-5-4-6-17(2)24(16)21(26)15-22-11-13-23(14-12-22)29(27,28)20-9-7-19(8-10-20)18(3)25/h7-10,16-17H,4-6,11-15H2,1-3H3/p+1/t16-,17-/m1/s1. The molecular weight excluding hydrogens is 390 g/mol. The van der Waals surface area contributed by atoms with Crippen molar-refractivity contribution in [3.8, 4) is 0 Å². The van der Waals surface area contributed by atoms with E-state index in [9.17, 15) is 18.0 Å². The predicted octanol–water partition coefficient (Wildman–Crippen LogP) is 0.568. The molecule has 1 aromatic carbocycles. The molecule has 3 rings (SSSR count). The molecule has 2 heterocycles. The van der Waals surface area contributed by atoms with E-state index >= 15 is 0 Å². The van der Waals surface area contributed by atoms with Crippen LogP contribution in [-0.2, 0) is 14.8 Å². The summed E-state index contributed by atoms with van der Waals surface area (Å²) in [7, 11) is -3.58. The summed E-state index contributed by atoms with van der Waals surface area (Å²) in [6, 6.07) is 6.66. The molecule has 0 aliphatic carbocycles. The summed E-state index contributed by atoms with van der Waals surface area (Å²) in [5.41, 5.74) is 0.498. The molecule has 2 saturated heterocycles. The molecule has 0 spiro atoms. The van der Waals surface area contributed by atoms with Crippen LogP contribution in [0.5, 0.6) is 0 Å². The number of likely N-dealkylation sites (tertiary alicyclic amines) is 1. The minimum Gasteiger partial charge on any atom is -0.332 e. The van der Waals surface area contributed by atoms with Gasteiger partial charge in [0.25, 0.3) is 5.91 Å². The van der Waals surface area contributed by atoms with Crippen molar-refractivity contribution >= 4 is 21.7 Å². The average molecular weight is 423 g/mol. The molecule has 1 aromatic rings. The molecule has 0 saturated carbocycles. The van der Waals surface area contributed by atoms with Crippen LogP contribution in [0.25, 0.3) is 0 Å². The summed E-state index contributed by atoms with van der Waals surface area (Å²) in [5, 5.41) is 0. The lowest BCUT2D eigenvalue weighted by Crippen LogP contribution is -3.15. The van der Waals surface area contributed by atoms with Gasteiger partial charge >= 0.3 is 0 Å². The monoisotopic (exact) mass is 422 g/mol. The lowest BCUT2D eigenvalue weighted by atomic mass is 9.97. The number of Topliss-reactive ketones (excluding diaryl/α,β-unsaturated/α-hetero) is 1. The van der Waals surface area contributed by atoms with E-state index in [1.165, 1.54) is 29.8 Å². The number of carbonyl (C=O) groups is 2. The third kappa shape index (κ3) is 4.87. The number of hydrogen-bond acceptors (Lipinski definition) is 4. The molecule has 0 bridgehead atoms. The Morgan fingerprint density at radius 2 is 1.59 bits per heavy atom. The molecule has 2 aliphatic rings. The van der Waals surface area contributed by atoms with Crippen LogP contribution in [-0.4, -0.2) is 74.1 Å². The number of quaternary nitrogens is 1. The van der Waals surface area contributed by atoms with Crippen molar-refractivity contribution in [3.63, 3.8) is 0 Å². The van der Waals surface area contributed by atoms with Gasteiger partial charge in [-0.1, -0.05) is 12.1 Å². The van der Waals surface area contributed by atoms with Gasteiger partial charge in [-0.3, -0.25) is 9.59 Å². The molecule has 7 nitrogen and oxygen atoms in total. The molecule has 8 heteroatoms. The Hall–Kier alpha value is -1.77. The van der Waals surface area contributed by atoms with E-state index in [-0.39, 0.29) is 28.7 Å². The molecule has 0 unspecified atom stereocenters. The van der Waals surface area contributed by atoms with Gasteiger partial charge in [-0.15, -0.1) is 0 Å². The van der Waals surface area contributed by atoms with Crippen molar-refractivity contribution in [1.29, 1.82) is 0 Å². The fourth-order valence-corrected chi connectivity index (χ4v) is 5.89. The SMILES string of the molecule is CC(=O)c1ccc(S(=O)(=O)N2CC[NH+](CC(=O)N3[C@H](C)CCC[C@H]3C)CC2)cc1. The van der Waals surface area contributed by atoms with Gasteiger partial charge in [0.2, 0.25) is 10.0 Å². The molecule has 0 aromatic heterocycles. The highest BCUT2D eigenvalue weighted by atomic mass is 32.2. The second-order valence-corrected chi connectivity index (χ2v) is 10.3. The van der Waals surface area contributed by atoms with Crippen molar-refractivity contribution in [2.75, 3.05) is 32.7 Å². The van der Waals surface area contributed by atoms with Gasteiger partial charge in [0.15, 0.2) is 12.3 Å². The highest BCUT2D eigenvalue weighted by molar-refractivity contribution is 7.89. The smallest absolute Gasteiger partial charge is 0.278 e. The zero-order valence-electron chi connectivity index (χ0n) is 17.6. The van der Waals surface area contributed by atoms with Gasteiger partial charge in [0.1, 0.15) is 0 Å². The number of nitrogens with one attached hydrogen (secondary N) is 1. The van der Waals surface area contributed by atoms with Crippen molar-refractivity contribution in [1.82, 2.24) is 9.21 Å². The summed E-state index contributed by atoms with van der Waals surface area (Å²) in [6.07, 6.45) is 3.28. The summed E-state index contributed by atoms with van der Waals surface area (Å²) in [4.78, 5) is 27.6. The maximum atomic E-state index is 12.9.